The van der Waals surface area contributed by atoms with E-state index in [1.165, 1.54) is 18.2 Å². The zero-order chi connectivity index (χ0) is 13.7. The first-order valence-corrected chi connectivity index (χ1v) is 6.14. The summed E-state index contributed by atoms with van der Waals surface area (Å²) in [4.78, 5) is 4.25. The van der Waals surface area contributed by atoms with Crippen LogP contribution >= 0.6 is 11.6 Å². The van der Waals surface area contributed by atoms with Crippen LogP contribution in [0.4, 0.5) is 4.39 Å². The Morgan fingerprint density at radius 1 is 1.21 bits per heavy atom. The first kappa shape index (κ1) is 13.6. The summed E-state index contributed by atoms with van der Waals surface area (Å²) in [6.45, 7) is 0.511. The zero-order valence-electron chi connectivity index (χ0n) is 10.4. The van der Waals surface area contributed by atoms with Crippen LogP contribution in [-0.4, -0.2) is 13.3 Å². The predicted molar refractivity (Wildman–Crippen MR) is 75.7 cm³/mol. The normalized spacial score (nSPS) is 10.9. The molecular formula is C15H13ClFNO. The Kier molecular flexibility index (Phi) is 4.53. The lowest BCUT2D eigenvalue weighted by Gasteiger charge is -2.01. The van der Waals surface area contributed by atoms with E-state index in [9.17, 15) is 4.39 Å². The van der Waals surface area contributed by atoms with E-state index in [-0.39, 0.29) is 5.82 Å². The van der Waals surface area contributed by atoms with Gasteiger partial charge in [-0.15, -0.1) is 0 Å². The van der Waals surface area contributed by atoms with Crippen molar-refractivity contribution in [2.45, 2.75) is 6.54 Å². The number of ether oxygens (including phenoxy) is 1. The van der Waals surface area contributed by atoms with Crippen molar-refractivity contribution in [1.29, 1.82) is 0 Å². The molecule has 0 heterocycles. The summed E-state index contributed by atoms with van der Waals surface area (Å²) in [5, 5.41) is 0.486. The molecule has 2 aromatic rings. The van der Waals surface area contributed by atoms with E-state index < -0.39 is 0 Å². The van der Waals surface area contributed by atoms with Crippen LogP contribution in [0.15, 0.2) is 47.5 Å². The highest BCUT2D eigenvalue weighted by atomic mass is 35.5. The molecule has 0 unspecified atom stereocenters. The smallest absolute Gasteiger partial charge is 0.123 e. The highest BCUT2D eigenvalue weighted by Gasteiger charge is 1.99. The van der Waals surface area contributed by atoms with Gasteiger partial charge in [-0.1, -0.05) is 23.7 Å². The maximum Gasteiger partial charge on any atom is 0.123 e. The molecular weight excluding hydrogens is 265 g/mol. The van der Waals surface area contributed by atoms with Crippen LogP contribution in [-0.2, 0) is 6.54 Å². The van der Waals surface area contributed by atoms with E-state index in [1.54, 1.807) is 13.3 Å². The molecule has 4 heteroatoms. The van der Waals surface area contributed by atoms with E-state index in [0.717, 1.165) is 11.3 Å². The van der Waals surface area contributed by atoms with Gasteiger partial charge in [-0.05, 0) is 35.9 Å². The average molecular weight is 278 g/mol. The fourth-order valence-corrected chi connectivity index (χ4v) is 1.76. The van der Waals surface area contributed by atoms with Crippen molar-refractivity contribution in [3.8, 4) is 5.75 Å². The fourth-order valence-electron chi connectivity index (χ4n) is 1.59. The number of hydrogen-bond acceptors (Lipinski definition) is 2. The van der Waals surface area contributed by atoms with E-state index in [2.05, 4.69) is 4.99 Å². The fraction of sp³-hybridized carbons (Fsp3) is 0.133. The van der Waals surface area contributed by atoms with Gasteiger partial charge in [0.25, 0.3) is 0 Å². The van der Waals surface area contributed by atoms with Crippen LogP contribution in [0.2, 0.25) is 5.02 Å². The van der Waals surface area contributed by atoms with Crippen molar-refractivity contribution in [1.82, 2.24) is 0 Å². The third kappa shape index (κ3) is 3.80. The zero-order valence-corrected chi connectivity index (χ0v) is 11.2. The average Bonchev–Trinajstić information content (AvgIpc) is 2.43. The van der Waals surface area contributed by atoms with Gasteiger partial charge in [-0.25, -0.2) is 4.39 Å². The number of nitrogens with zero attached hydrogens (tertiary/aromatic N) is 1. The molecule has 0 atom stereocenters. The van der Waals surface area contributed by atoms with Gasteiger partial charge in [-0.3, -0.25) is 4.99 Å². The quantitative estimate of drug-likeness (QED) is 0.771. The molecule has 0 N–H and O–H groups in total. The molecule has 0 aliphatic carbocycles. The SMILES string of the molecule is COc1ccc(CN=Cc2cc(F)ccc2Cl)cc1. The highest BCUT2D eigenvalue weighted by Crippen LogP contribution is 2.16. The Morgan fingerprint density at radius 3 is 2.63 bits per heavy atom. The number of methoxy groups -OCH3 is 1. The predicted octanol–water partition coefficient (Wildman–Crippen LogP) is 4.11. The van der Waals surface area contributed by atoms with Crippen molar-refractivity contribution in [2.24, 2.45) is 4.99 Å². The standard InChI is InChI=1S/C15H13ClFNO/c1-19-14-5-2-11(3-6-14)9-18-10-12-8-13(17)4-7-15(12)16/h2-8,10H,9H2,1H3. The van der Waals surface area contributed by atoms with Gasteiger partial charge < -0.3 is 4.74 Å². The molecule has 0 saturated heterocycles. The monoisotopic (exact) mass is 277 g/mol. The summed E-state index contributed by atoms with van der Waals surface area (Å²) in [6.07, 6.45) is 1.58. The molecule has 0 spiro atoms. The minimum atomic E-state index is -0.324. The highest BCUT2D eigenvalue weighted by molar-refractivity contribution is 6.33. The van der Waals surface area contributed by atoms with Gasteiger partial charge in [-0.2, -0.15) is 0 Å². The Morgan fingerprint density at radius 2 is 1.95 bits per heavy atom. The van der Waals surface area contributed by atoms with Gasteiger partial charge in [0.1, 0.15) is 11.6 Å². The lowest BCUT2D eigenvalue weighted by atomic mass is 10.2. The third-order valence-electron chi connectivity index (χ3n) is 2.62. The molecule has 0 aromatic heterocycles. The van der Waals surface area contributed by atoms with Crippen molar-refractivity contribution >= 4 is 17.8 Å². The Hall–Kier alpha value is -1.87. The van der Waals surface area contributed by atoms with Crippen molar-refractivity contribution in [2.75, 3.05) is 7.11 Å². The topological polar surface area (TPSA) is 21.6 Å². The second-order valence-electron chi connectivity index (χ2n) is 3.98. The minimum Gasteiger partial charge on any atom is -0.497 e. The second-order valence-corrected chi connectivity index (χ2v) is 4.39. The molecule has 0 aliphatic heterocycles. The second kappa shape index (κ2) is 6.34. The maximum atomic E-state index is 13.0. The van der Waals surface area contributed by atoms with Crippen LogP contribution in [0.1, 0.15) is 11.1 Å². The summed E-state index contributed by atoms with van der Waals surface area (Å²) in [5.74, 6) is 0.483. The van der Waals surface area contributed by atoms with Crippen LogP contribution in [0.3, 0.4) is 0 Å². The summed E-state index contributed by atoms with van der Waals surface area (Å²) < 4.78 is 18.1. The van der Waals surface area contributed by atoms with Gasteiger partial charge in [0, 0.05) is 16.8 Å². The maximum absolute atomic E-state index is 13.0. The molecule has 0 aliphatic rings. The summed E-state index contributed by atoms with van der Waals surface area (Å²) >= 11 is 5.94. The van der Waals surface area contributed by atoms with Crippen LogP contribution in [0.5, 0.6) is 5.75 Å². The summed E-state index contributed by atoms with van der Waals surface area (Å²) in [5.41, 5.74) is 1.62. The molecule has 98 valence electrons. The van der Waals surface area contributed by atoms with Crippen molar-refractivity contribution in [3.63, 3.8) is 0 Å². The molecule has 0 radical (unpaired) electrons. The first-order valence-electron chi connectivity index (χ1n) is 5.77. The van der Waals surface area contributed by atoms with Crippen LogP contribution < -0.4 is 4.74 Å². The Labute approximate surface area is 116 Å². The molecule has 0 amide bonds. The largest absolute Gasteiger partial charge is 0.497 e. The first-order chi connectivity index (χ1) is 9.19. The van der Waals surface area contributed by atoms with E-state index >= 15 is 0 Å². The summed E-state index contributed by atoms with van der Waals surface area (Å²) in [7, 11) is 1.62. The van der Waals surface area contributed by atoms with Crippen molar-refractivity contribution in [3.05, 3.63) is 64.4 Å². The molecule has 0 fully saturated rings. The number of aliphatic imine (C=N–C) groups is 1. The molecule has 0 bridgehead atoms. The third-order valence-corrected chi connectivity index (χ3v) is 2.97. The van der Waals surface area contributed by atoms with Crippen LogP contribution in [0.25, 0.3) is 0 Å². The lowest BCUT2D eigenvalue weighted by molar-refractivity contribution is 0.414. The van der Waals surface area contributed by atoms with Crippen molar-refractivity contribution < 1.29 is 9.13 Å². The van der Waals surface area contributed by atoms with Gasteiger partial charge in [0.05, 0.1) is 13.7 Å². The summed E-state index contributed by atoms with van der Waals surface area (Å²) in [6, 6.07) is 11.8. The van der Waals surface area contributed by atoms with E-state index in [4.69, 9.17) is 16.3 Å². The minimum absolute atomic E-state index is 0.324. The molecule has 2 aromatic carbocycles. The molecule has 2 nitrogen and oxygen atoms in total. The number of benzene rings is 2. The van der Waals surface area contributed by atoms with E-state index in [1.807, 2.05) is 24.3 Å². The van der Waals surface area contributed by atoms with Gasteiger partial charge in [0.2, 0.25) is 0 Å². The lowest BCUT2D eigenvalue weighted by Crippen LogP contribution is -1.88. The van der Waals surface area contributed by atoms with Gasteiger partial charge in [0.15, 0.2) is 0 Å². The Bertz CT molecular complexity index is 581. The number of hydrogen-bond donors (Lipinski definition) is 0. The molecule has 0 saturated carbocycles. The number of rotatable bonds is 4. The Balaban J connectivity index is 2.04. The molecule has 19 heavy (non-hydrogen) atoms. The molecule has 2 rings (SSSR count). The van der Waals surface area contributed by atoms with Crippen LogP contribution in [0, 0.1) is 5.82 Å². The number of halogens is 2. The van der Waals surface area contributed by atoms with Gasteiger partial charge >= 0.3 is 0 Å². The van der Waals surface area contributed by atoms with E-state index in [0.29, 0.717) is 17.1 Å².